The van der Waals surface area contributed by atoms with Gasteiger partial charge in [-0.3, -0.25) is 0 Å². The van der Waals surface area contributed by atoms with Crippen molar-refractivity contribution in [1.82, 2.24) is 5.32 Å². The second kappa shape index (κ2) is 10.1. The molecule has 0 spiro atoms. The molecular weight excluding hydrogens is 522 g/mol. The fourth-order valence-electron chi connectivity index (χ4n) is 6.32. The molecule has 0 aromatic heterocycles. The summed E-state index contributed by atoms with van der Waals surface area (Å²) in [5.41, 5.74) is 4.82. The topological polar surface area (TPSA) is 36.8 Å². The predicted octanol–water partition coefficient (Wildman–Crippen LogP) is 9.48. The number of aliphatic imine (C=N–C) groups is 2. The first-order valence-corrected chi connectivity index (χ1v) is 14.7. The van der Waals surface area contributed by atoms with E-state index in [1.165, 1.54) is 32.7 Å². The van der Waals surface area contributed by atoms with Crippen molar-refractivity contribution in [2.75, 3.05) is 0 Å². The van der Waals surface area contributed by atoms with Gasteiger partial charge in [-0.1, -0.05) is 152 Å². The molecule has 0 saturated carbocycles. The Labute approximate surface area is 250 Å². The molecule has 0 saturated heterocycles. The standard InChI is InChI=1S/C40H29N3/c1-40(31-25-23-30(24-26-31)33-20-8-14-27-11-2-5-17-32(27)33)42-38(36-21-9-15-28-12-3-6-18-34(28)36)41-39(43-40)37-22-10-16-29-13-4-7-19-35(29)37/h2-26H,1H3,(H,41,42,43). The molecule has 204 valence electrons. The lowest BCUT2D eigenvalue weighted by Crippen LogP contribution is -2.46. The minimum Gasteiger partial charge on any atom is -0.342 e. The van der Waals surface area contributed by atoms with Gasteiger partial charge in [-0.05, 0) is 55.9 Å². The van der Waals surface area contributed by atoms with E-state index < -0.39 is 5.66 Å². The van der Waals surface area contributed by atoms with Gasteiger partial charge in [-0.15, -0.1) is 0 Å². The Kier molecular flexibility index (Phi) is 5.90. The van der Waals surface area contributed by atoms with E-state index in [9.17, 15) is 0 Å². The van der Waals surface area contributed by atoms with E-state index in [0.29, 0.717) is 0 Å². The monoisotopic (exact) mass is 551 g/mol. The predicted molar refractivity (Wildman–Crippen MR) is 181 cm³/mol. The van der Waals surface area contributed by atoms with Crippen LogP contribution in [0.25, 0.3) is 43.4 Å². The van der Waals surface area contributed by atoms with E-state index in [2.05, 4.69) is 164 Å². The fourth-order valence-corrected chi connectivity index (χ4v) is 6.32. The van der Waals surface area contributed by atoms with E-state index in [4.69, 9.17) is 9.98 Å². The zero-order valence-electron chi connectivity index (χ0n) is 23.8. The van der Waals surface area contributed by atoms with E-state index in [1.807, 2.05) is 0 Å². The smallest absolute Gasteiger partial charge is 0.160 e. The maximum atomic E-state index is 5.33. The molecular formula is C40H29N3. The molecule has 7 aromatic rings. The number of hydrogen-bond donors (Lipinski definition) is 1. The molecule has 7 aromatic carbocycles. The van der Waals surface area contributed by atoms with Crippen LogP contribution in [0.2, 0.25) is 0 Å². The number of hydrogen-bond acceptors (Lipinski definition) is 3. The highest BCUT2D eigenvalue weighted by atomic mass is 15.2. The molecule has 1 N–H and O–H groups in total. The normalized spacial score (nSPS) is 16.6. The van der Waals surface area contributed by atoms with Gasteiger partial charge in [0.05, 0.1) is 0 Å². The van der Waals surface area contributed by atoms with Gasteiger partial charge in [0.25, 0.3) is 0 Å². The van der Waals surface area contributed by atoms with Gasteiger partial charge in [0.15, 0.2) is 11.5 Å². The maximum absolute atomic E-state index is 5.33. The van der Waals surface area contributed by atoms with Crippen molar-refractivity contribution < 1.29 is 0 Å². The van der Waals surface area contributed by atoms with Crippen molar-refractivity contribution in [1.29, 1.82) is 0 Å². The first kappa shape index (κ1) is 25.2. The average molecular weight is 552 g/mol. The third-order valence-electron chi connectivity index (χ3n) is 8.53. The van der Waals surface area contributed by atoms with Gasteiger partial charge in [-0.25, -0.2) is 9.98 Å². The first-order valence-electron chi connectivity index (χ1n) is 14.7. The second-order valence-electron chi connectivity index (χ2n) is 11.3. The van der Waals surface area contributed by atoms with Crippen molar-refractivity contribution >= 4 is 44.0 Å². The Morgan fingerprint density at radius 3 is 1.53 bits per heavy atom. The van der Waals surface area contributed by atoms with E-state index in [0.717, 1.165) is 39.1 Å². The minimum absolute atomic E-state index is 0.721. The highest BCUT2D eigenvalue weighted by molar-refractivity contribution is 6.20. The first-order chi connectivity index (χ1) is 21.2. The van der Waals surface area contributed by atoms with Crippen LogP contribution < -0.4 is 5.32 Å². The molecule has 43 heavy (non-hydrogen) atoms. The van der Waals surface area contributed by atoms with Crippen molar-refractivity contribution in [3.63, 3.8) is 0 Å². The highest BCUT2D eigenvalue weighted by Crippen LogP contribution is 2.34. The number of fused-ring (bicyclic) bond motifs is 3. The highest BCUT2D eigenvalue weighted by Gasteiger charge is 2.33. The van der Waals surface area contributed by atoms with Gasteiger partial charge in [0, 0.05) is 11.1 Å². The van der Waals surface area contributed by atoms with Crippen molar-refractivity contribution in [2.45, 2.75) is 12.6 Å². The third-order valence-corrected chi connectivity index (χ3v) is 8.53. The second-order valence-corrected chi connectivity index (χ2v) is 11.3. The minimum atomic E-state index is -0.738. The number of nitrogens with zero attached hydrogens (tertiary/aromatic N) is 2. The Bertz CT molecular complexity index is 2210. The molecule has 3 heteroatoms. The van der Waals surface area contributed by atoms with Gasteiger partial charge in [0.2, 0.25) is 0 Å². The van der Waals surface area contributed by atoms with E-state index >= 15 is 0 Å². The van der Waals surface area contributed by atoms with Crippen LogP contribution in [0.4, 0.5) is 0 Å². The molecule has 0 bridgehead atoms. The van der Waals surface area contributed by atoms with Crippen LogP contribution in [0.1, 0.15) is 23.6 Å². The van der Waals surface area contributed by atoms with Crippen LogP contribution in [-0.4, -0.2) is 11.7 Å². The molecule has 0 radical (unpaired) electrons. The molecule has 1 aliphatic heterocycles. The lowest BCUT2D eigenvalue weighted by atomic mass is 9.93. The molecule has 0 amide bonds. The summed E-state index contributed by atoms with van der Waals surface area (Å²) >= 11 is 0. The van der Waals surface area contributed by atoms with Crippen molar-refractivity contribution in [3.05, 3.63) is 168 Å². The quantitative estimate of drug-likeness (QED) is 0.232. The van der Waals surface area contributed by atoms with E-state index in [1.54, 1.807) is 0 Å². The zero-order valence-corrected chi connectivity index (χ0v) is 23.8. The zero-order chi connectivity index (χ0) is 28.8. The lowest BCUT2D eigenvalue weighted by molar-refractivity contribution is 0.455. The summed E-state index contributed by atoms with van der Waals surface area (Å²) in [6.45, 7) is 2.14. The third kappa shape index (κ3) is 4.38. The van der Waals surface area contributed by atoms with Crippen LogP contribution in [0, 0.1) is 0 Å². The Morgan fingerprint density at radius 1 is 0.465 bits per heavy atom. The number of nitrogens with one attached hydrogen (secondary N) is 1. The number of rotatable bonds is 4. The van der Waals surface area contributed by atoms with Gasteiger partial charge in [0.1, 0.15) is 5.84 Å². The maximum Gasteiger partial charge on any atom is 0.160 e. The number of amidine groups is 2. The molecule has 8 rings (SSSR count). The molecule has 3 nitrogen and oxygen atoms in total. The molecule has 1 unspecified atom stereocenters. The summed E-state index contributed by atoms with van der Waals surface area (Å²) in [6, 6.07) is 53.5. The van der Waals surface area contributed by atoms with Crippen molar-refractivity contribution in [2.24, 2.45) is 9.98 Å². The summed E-state index contributed by atoms with van der Waals surface area (Å²) in [6.07, 6.45) is 0. The van der Waals surface area contributed by atoms with Crippen LogP contribution in [-0.2, 0) is 5.66 Å². The van der Waals surface area contributed by atoms with Crippen LogP contribution in [0.15, 0.2) is 162 Å². The fraction of sp³-hybridized carbons (Fsp3) is 0.0500. The largest absolute Gasteiger partial charge is 0.342 e. The molecule has 1 heterocycles. The van der Waals surface area contributed by atoms with Crippen LogP contribution in [0.5, 0.6) is 0 Å². The van der Waals surface area contributed by atoms with Gasteiger partial charge < -0.3 is 5.32 Å². The Hall–Kier alpha value is -5.54. The SMILES string of the molecule is CC1(c2ccc(-c3cccc4ccccc34)cc2)N=C(c2cccc3ccccc23)N=C(c2cccc3ccccc23)N1. The van der Waals surface area contributed by atoms with Crippen molar-refractivity contribution in [3.8, 4) is 11.1 Å². The number of benzene rings is 7. The summed E-state index contributed by atoms with van der Waals surface area (Å²) < 4.78 is 0. The summed E-state index contributed by atoms with van der Waals surface area (Å²) in [4.78, 5) is 10.5. The van der Waals surface area contributed by atoms with Gasteiger partial charge in [-0.2, -0.15) is 0 Å². The summed E-state index contributed by atoms with van der Waals surface area (Å²) in [5, 5.41) is 10.9. The van der Waals surface area contributed by atoms with Crippen LogP contribution in [0.3, 0.4) is 0 Å². The lowest BCUT2D eigenvalue weighted by Gasteiger charge is -2.33. The van der Waals surface area contributed by atoms with Gasteiger partial charge >= 0.3 is 0 Å². The summed E-state index contributed by atoms with van der Waals surface area (Å²) in [7, 11) is 0. The van der Waals surface area contributed by atoms with Crippen LogP contribution >= 0.6 is 0 Å². The Morgan fingerprint density at radius 2 is 0.930 bits per heavy atom. The Balaban J connectivity index is 1.28. The molecule has 1 atom stereocenters. The summed E-state index contributed by atoms with van der Waals surface area (Å²) in [5.74, 6) is 1.54. The molecule has 0 fully saturated rings. The molecule has 0 aliphatic carbocycles. The molecule has 1 aliphatic rings. The van der Waals surface area contributed by atoms with E-state index in [-0.39, 0.29) is 0 Å². The average Bonchev–Trinajstić information content (AvgIpc) is 3.07.